The predicted molar refractivity (Wildman–Crippen MR) is 153 cm³/mol. The largest absolute Gasteiger partial charge is 0.478 e. The Balaban J connectivity index is 1.54. The number of nitrogens with one attached hydrogen (secondary N) is 2. The summed E-state index contributed by atoms with van der Waals surface area (Å²) in [4.78, 5) is 42.6. The molecule has 0 spiro atoms. The van der Waals surface area contributed by atoms with E-state index in [9.17, 15) is 14.4 Å². The van der Waals surface area contributed by atoms with Gasteiger partial charge in [-0.15, -0.1) is 23.1 Å². The van der Waals surface area contributed by atoms with Crippen LogP contribution in [0.3, 0.4) is 0 Å². The second-order valence-electron chi connectivity index (χ2n) is 8.38. The lowest BCUT2D eigenvalue weighted by Gasteiger charge is -2.17. The van der Waals surface area contributed by atoms with Gasteiger partial charge >= 0.3 is 5.97 Å². The average molecular weight is 544 g/mol. The SMILES string of the molecule is Cc1ccc(-c2nc(NC(=O)C(Sc3cccc(NC(=O)/C=C/C(=O)O)c3)c3ccccc3)sc2C)cc1. The van der Waals surface area contributed by atoms with E-state index in [1.807, 2.05) is 74.5 Å². The highest BCUT2D eigenvalue weighted by Crippen LogP contribution is 2.38. The van der Waals surface area contributed by atoms with Crippen molar-refractivity contribution in [1.29, 1.82) is 0 Å². The van der Waals surface area contributed by atoms with E-state index >= 15 is 0 Å². The van der Waals surface area contributed by atoms with Crippen LogP contribution in [0.1, 0.15) is 21.3 Å². The molecule has 192 valence electrons. The lowest BCUT2D eigenvalue weighted by Crippen LogP contribution is -2.19. The molecule has 0 aliphatic rings. The summed E-state index contributed by atoms with van der Waals surface area (Å²) in [7, 11) is 0. The van der Waals surface area contributed by atoms with Crippen LogP contribution < -0.4 is 10.6 Å². The van der Waals surface area contributed by atoms with Crippen molar-refractivity contribution >= 4 is 51.7 Å². The van der Waals surface area contributed by atoms with Crippen molar-refractivity contribution in [2.75, 3.05) is 10.6 Å². The second kappa shape index (κ2) is 12.4. The summed E-state index contributed by atoms with van der Waals surface area (Å²) < 4.78 is 0. The van der Waals surface area contributed by atoms with Gasteiger partial charge in [-0.1, -0.05) is 66.2 Å². The molecule has 2 amide bonds. The van der Waals surface area contributed by atoms with Crippen LogP contribution in [0, 0.1) is 13.8 Å². The fraction of sp³-hybridized carbons (Fsp3) is 0.103. The summed E-state index contributed by atoms with van der Waals surface area (Å²) >= 11 is 2.77. The fourth-order valence-corrected chi connectivity index (χ4v) is 5.54. The molecule has 38 heavy (non-hydrogen) atoms. The number of aromatic nitrogens is 1. The molecule has 0 aliphatic carbocycles. The number of hydrogen-bond donors (Lipinski definition) is 3. The van der Waals surface area contributed by atoms with Gasteiger partial charge in [0.25, 0.3) is 0 Å². The van der Waals surface area contributed by atoms with Crippen LogP contribution in [0.2, 0.25) is 0 Å². The van der Waals surface area contributed by atoms with Crippen LogP contribution in [0.5, 0.6) is 0 Å². The molecule has 0 saturated carbocycles. The van der Waals surface area contributed by atoms with Crippen LogP contribution in [0.15, 0.2) is 95.9 Å². The molecule has 0 aliphatic heterocycles. The zero-order chi connectivity index (χ0) is 27.1. The number of nitrogens with zero attached hydrogens (tertiary/aromatic N) is 1. The maximum Gasteiger partial charge on any atom is 0.328 e. The summed E-state index contributed by atoms with van der Waals surface area (Å²) in [5.74, 6) is -1.98. The smallest absolute Gasteiger partial charge is 0.328 e. The number of thiazole rings is 1. The van der Waals surface area contributed by atoms with Crippen LogP contribution in [0.4, 0.5) is 10.8 Å². The third-order valence-electron chi connectivity index (χ3n) is 5.42. The molecular formula is C29H25N3O4S2. The van der Waals surface area contributed by atoms with Gasteiger partial charge in [0.05, 0.1) is 5.69 Å². The predicted octanol–water partition coefficient (Wildman–Crippen LogP) is 6.48. The van der Waals surface area contributed by atoms with Crippen LogP contribution in [-0.4, -0.2) is 27.9 Å². The van der Waals surface area contributed by atoms with Gasteiger partial charge in [-0.2, -0.15) is 0 Å². The molecule has 3 N–H and O–H groups in total. The molecule has 0 saturated heterocycles. The standard InChI is InChI=1S/C29H25N3O4S2/c1-18-11-13-20(14-12-18)26-19(2)37-29(31-26)32-28(36)27(21-7-4-3-5-8-21)38-23-10-6-9-22(17-23)30-24(33)15-16-25(34)35/h3-17,27H,1-2H3,(H,30,33)(H,34,35)(H,31,32,36)/b16-15+. The summed E-state index contributed by atoms with van der Waals surface area (Å²) in [5, 5.41) is 14.3. The highest BCUT2D eigenvalue weighted by Gasteiger charge is 2.24. The molecule has 4 rings (SSSR count). The Morgan fingerprint density at radius 2 is 1.66 bits per heavy atom. The Morgan fingerprint density at radius 1 is 0.921 bits per heavy atom. The molecule has 7 nitrogen and oxygen atoms in total. The topological polar surface area (TPSA) is 108 Å². The fourth-order valence-electron chi connectivity index (χ4n) is 3.62. The first-order chi connectivity index (χ1) is 18.3. The zero-order valence-electron chi connectivity index (χ0n) is 20.7. The third-order valence-corrected chi connectivity index (χ3v) is 7.56. The normalized spacial score (nSPS) is 11.7. The van der Waals surface area contributed by atoms with Gasteiger partial charge in [-0.3, -0.25) is 9.59 Å². The number of carbonyl (C=O) groups excluding carboxylic acids is 2. The van der Waals surface area contributed by atoms with Gasteiger partial charge in [0.15, 0.2) is 5.13 Å². The van der Waals surface area contributed by atoms with Crippen LogP contribution in [0.25, 0.3) is 11.3 Å². The average Bonchev–Trinajstić information content (AvgIpc) is 3.26. The minimum Gasteiger partial charge on any atom is -0.478 e. The van der Waals surface area contributed by atoms with Gasteiger partial charge in [0.2, 0.25) is 11.8 Å². The number of amides is 2. The molecule has 1 aromatic heterocycles. The van der Waals surface area contributed by atoms with E-state index < -0.39 is 17.1 Å². The van der Waals surface area contributed by atoms with Gasteiger partial charge < -0.3 is 15.7 Å². The number of aryl methyl sites for hydroxylation is 2. The summed E-state index contributed by atoms with van der Waals surface area (Å²) in [6, 6.07) is 24.6. The minimum atomic E-state index is -1.21. The Morgan fingerprint density at radius 3 is 2.37 bits per heavy atom. The van der Waals surface area contributed by atoms with Crippen LogP contribution in [-0.2, 0) is 14.4 Å². The van der Waals surface area contributed by atoms with Crippen molar-refractivity contribution in [3.05, 3.63) is 107 Å². The molecule has 0 fully saturated rings. The number of carbonyl (C=O) groups is 3. The van der Waals surface area contributed by atoms with E-state index in [-0.39, 0.29) is 5.91 Å². The van der Waals surface area contributed by atoms with Crippen molar-refractivity contribution in [3.63, 3.8) is 0 Å². The Kier molecular flexibility index (Phi) is 8.73. The Bertz CT molecular complexity index is 1480. The lowest BCUT2D eigenvalue weighted by atomic mass is 10.1. The molecule has 1 atom stereocenters. The quantitative estimate of drug-likeness (QED) is 0.165. The van der Waals surface area contributed by atoms with E-state index in [2.05, 4.69) is 10.6 Å². The third kappa shape index (κ3) is 7.18. The van der Waals surface area contributed by atoms with E-state index in [4.69, 9.17) is 10.1 Å². The van der Waals surface area contributed by atoms with E-state index in [0.717, 1.165) is 38.7 Å². The monoisotopic (exact) mass is 543 g/mol. The highest BCUT2D eigenvalue weighted by molar-refractivity contribution is 8.00. The number of carboxylic acid groups (broad SMARTS) is 1. The minimum absolute atomic E-state index is 0.218. The summed E-state index contributed by atoms with van der Waals surface area (Å²) in [5.41, 5.74) is 4.31. The van der Waals surface area contributed by atoms with E-state index in [0.29, 0.717) is 10.8 Å². The molecule has 0 radical (unpaired) electrons. The molecule has 9 heteroatoms. The van der Waals surface area contributed by atoms with Gasteiger partial charge in [0, 0.05) is 33.2 Å². The van der Waals surface area contributed by atoms with Crippen molar-refractivity contribution in [2.24, 2.45) is 0 Å². The van der Waals surface area contributed by atoms with Crippen molar-refractivity contribution in [3.8, 4) is 11.3 Å². The highest BCUT2D eigenvalue weighted by atomic mass is 32.2. The Labute approximate surface area is 228 Å². The maximum atomic E-state index is 13.5. The van der Waals surface area contributed by atoms with E-state index in [1.54, 1.807) is 18.2 Å². The molecule has 4 aromatic rings. The first-order valence-electron chi connectivity index (χ1n) is 11.7. The first-order valence-corrected chi connectivity index (χ1v) is 13.4. The number of benzene rings is 3. The van der Waals surface area contributed by atoms with Crippen molar-refractivity contribution < 1.29 is 19.5 Å². The molecule has 1 heterocycles. The van der Waals surface area contributed by atoms with Gasteiger partial charge in [0.1, 0.15) is 5.25 Å². The molecule has 0 bridgehead atoms. The van der Waals surface area contributed by atoms with E-state index in [1.165, 1.54) is 28.7 Å². The molecular weight excluding hydrogens is 518 g/mol. The van der Waals surface area contributed by atoms with Gasteiger partial charge in [-0.25, -0.2) is 9.78 Å². The zero-order valence-corrected chi connectivity index (χ0v) is 22.3. The number of carboxylic acids is 1. The summed E-state index contributed by atoms with van der Waals surface area (Å²) in [6.07, 6.45) is 1.72. The number of thioether (sulfide) groups is 1. The number of anilines is 2. The number of aliphatic carboxylic acids is 1. The first kappa shape index (κ1) is 26.8. The number of hydrogen-bond acceptors (Lipinski definition) is 6. The maximum absolute atomic E-state index is 13.5. The van der Waals surface area contributed by atoms with Gasteiger partial charge in [-0.05, 0) is 37.6 Å². The van der Waals surface area contributed by atoms with Crippen molar-refractivity contribution in [2.45, 2.75) is 24.0 Å². The van der Waals surface area contributed by atoms with Crippen LogP contribution >= 0.6 is 23.1 Å². The molecule has 1 unspecified atom stereocenters. The summed E-state index contributed by atoms with van der Waals surface area (Å²) in [6.45, 7) is 4.02. The second-order valence-corrected chi connectivity index (χ2v) is 10.8. The Hall–Kier alpha value is -4.21. The lowest BCUT2D eigenvalue weighted by molar-refractivity contribution is -0.131. The number of rotatable bonds is 9. The van der Waals surface area contributed by atoms with Crippen molar-refractivity contribution in [1.82, 2.24) is 4.98 Å². The molecule has 3 aromatic carbocycles.